The molecular weight excluding hydrogens is 223 g/mol. The largest absolute Gasteiger partial charge is 0.469 e. The van der Waals surface area contributed by atoms with Gasteiger partial charge in [-0.1, -0.05) is 0 Å². The van der Waals surface area contributed by atoms with Crippen LogP contribution in [-0.4, -0.2) is 19.1 Å². The molecule has 3 N–H and O–H groups in total. The Kier molecular flexibility index (Phi) is 3.17. The van der Waals surface area contributed by atoms with Crippen LogP contribution >= 0.6 is 0 Å². The van der Waals surface area contributed by atoms with Crippen molar-refractivity contribution in [3.05, 3.63) is 24.0 Å². The van der Waals surface area contributed by atoms with Crippen molar-refractivity contribution < 1.29 is 13.9 Å². The van der Waals surface area contributed by atoms with E-state index in [9.17, 15) is 9.18 Å². The van der Waals surface area contributed by atoms with Crippen molar-refractivity contribution in [2.75, 3.05) is 18.2 Å². The molecule has 1 saturated carbocycles. The predicted molar refractivity (Wildman–Crippen MR) is 63.0 cm³/mol. The molecule has 0 aliphatic heterocycles. The van der Waals surface area contributed by atoms with Gasteiger partial charge in [0.05, 0.1) is 24.4 Å². The van der Waals surface area contributed by atoms with Crippen LogP contribution in [0.2, 0.25) is 0 Å². The molecule has 0 heterocycles. The van der Waals surface area contributed by atoms with E-state index in [1.807, 2.05) is 0 Å². The van der Waals surface area contributed by atoms with Gasteiger partial charge in [0.1, 0.15) is 5.82 Å². The maximum absolute atomic E-state index is 13.0. The first-order valence-corrected chi connectivity index (χ1v) is 5.49. The van der Waals surface area contributed by atoms with E-state index in [1.54, 1.807) is 0 Å². The molecule has 0 bridgehead atoms. The SMILES string of the molecule is COC(=O)[C@H]1C[C@@H](Nc2cc(F)ccc2N)C1. The van der Waals surface area contributed by atoms with Gasteiger partial charge in [-0.2, -0.15) is 0 Å². The number of hydrogen-bond acceptors (Lipinski definition) is 4. The maximum Gasteiger partial charge on any atom is 0.308 e. The van der Waals surface area contributed by atoms with E-state index >= 15 is 0 Å². The third-order valence-corrected chi connectivity index (χ3v) is 3.05. The maximum atomic E-state index is 13.0. The third-order valence-electron chi connectivity index (χ3n) is 3.05. The number of carbonyl (C=O) groups is 1. The highest BCUT2D eigenvalue weighted by molar-refractivity contribution is 5.74. The van der Waals surface area contributed by atoms with Crippen LogP contribution in [0.25, 0.3) is 0 Å². The lowest BCUT2D eigenvalue weighted by molar-refractivity contribution is -0.148. The molecule has 0 atom stereocenters. The Labute approximate surface area is 98.9 Å². The summed E-state index contributed by atoms with van der Waals surface area (Å²) in [6.45, 7) is 0. The van der Waals surface area contributed by atoms with Gasteiger partial charge in [-0.25, -0.2) is 4.39 Å². The highest BCUT2D eigenvalue weighted by Crippen LogP contribution is 2.32. The number of benzene rings is 1. The molecule has 0 saturated heterocycles. The number of nitrogens with two attached hydrogens (primary N) is 1. The monoisotopic (exact) mass is 238 g/mol. The number of carbonyl (C=O) groups excluding carboxylic acids is 1. The van der Waals surface area contributed by atoms with Crippen LogP contribution in [0, 0.1) is 11.7 Å². The lowest BCUT2D eigenvalue weighted by Gasteiger charge is -2.34. The molecular formula is C12H15FN2O2. The number of ether oxygens (including phenoxy) is 1. The van der Waals surface area contributed by atoms with Crippen LogP contribution < -0.4 is 11.1 Å². The van der Waals surface area contributed by atoms with Gasteiger partial charge in [0.25, 0.3) is 0 Å². The average molecular weight is 238 g/mol. The Hall–Kier alpha value is -1.78. The summed E-state index contributed by atoms with van der Waals surface area (Å²) < 4.78 is 17.7. The quantitative estimate of drug-likeness (QED) is 0.622. The van der Waals surface area contributed by atoms with Gasteiger partial charge in [0.2, 0.25) is 0 Å². The topological polar surface area (TPSA) is 64.3 Å². The summed E-state index contributed by atoms with van der Waals surface area (Å²) in [6.07, 6.45) is 1.39. The first-order chi connectivity index (χ1) is 8.10. The Bertz CT molecular complexity index is 431. The second kappa shape index (κ2) is 4.61. The zero-order chi connectivity index (χ0) is 12.4. The molecule has 0 aromatic heterocycles. The van der Waals surface area contributed by atoms with Crippen molar-refractivity contribution in [3.8, 4) is 0 Å². The summed E-state index contributed by atoms with van der Waals surface area (Å²) in [5, 5.41) is 3.12. The van der Waals surface area contributed by atoms with Crippen LogP contribution in [0.5, 0.6) is 0 Å². The zero-order valence-electron chi connectivity index (χ0n) is 9.57. The second-order valence-corrected chi connectivity index (χ2v) is 4.26. The fourth-order valence-electron chi connectivity index (χ4n) is 1.97. The van der Waals surface area contributed by atoms with E-state index in [0.29, 0.717) is 24.2 Å². The van der Waals surface area contributed by atoms with Crippen LogP contribution in [0.4, 0.5) is 15.8 Å². The molecule has 0 amide bonds. The lowest BCUT2D eigenvalue weighted by Crippen LogP contribution is -2.40. The summed E-state index contributed by atoms with van der Waals surface area (Å²) >= 11 is 0. The van der Waals surface area contributed by atoms with Crippen LogP contribution in [0.3, 0.4) is 0 Å². The number of anilines is 2. The third kappa shape index (κ3) is 2.49. The Morgan fingerprint density at radius 1 is 1.53 bits per heavy atom. The zero-order valence-corrected chi connectivity index (χ0v) is 9.57. The van der Waals surface area contributed by atoms with Gasteiger partial charge in [0, 0.05) is 6.04 Å². The van der Waals surface area contributed by atoms with Gasteiger partial charge >= 0.3 is 5.97 Å². The van der Waals surface area contributed by atoms with Gasteiger partial charge in [-0.05, 0) is 31.0 Å². The summed E-state index contributed by atoms with van der Waals surface area (Å²) in [5.41, 5.74) is 6.81. The van der Waals surface area contributed by atoms with Gasteiger partial charge in [-0.3, -0.25) is 4.79 Å². The fraction of sp³-hybridized carbons (Fsp3) is 0.417. The van der Waals surface area contributed by atoms with Crippen molar-refractivity contribution in [1.29, 1.82) is 0 Å². The first-order valence-electron chi connectivity index (χ1n) is 5.49. The molecule has 92 valence electrons. The van der Waals surface area contributed by atoms with Gasteiger partial charge in [-0.15, -0.1) is 0 Å². The number of methoxy groups -OCH3 is 1. The number of esters is 1. The molecule has 1 aliphatic carbocycles. The van der Waals surface area contributed by atoms with Crippen molar-refractivity contribution >= 4 is 17.3 Å². The molecule has 1 aromatic carbocycles. The minimum Gasteiger partial charge on any atom is -0.469 e. The van der Waals surface area contributed by atoms with E-state index < -0.39 is 0 Å². The Morgan fingerprint density at radius 2 is 2.24 bits per heavy atom. The molecule has 0 spiro atoms. The normalized spacial score (nSPS) is 22.7. The molecule has 5 heteroatoms. The number of hydrogen-bond donors (Lipinski definition) is 2. The highest BCUT2D eigenvalue weighted by atomic mass is 19.1. The van der Waals surface area contributed by atoms with E-state index in [1.165, 1.54) is 25.3 Å². The molecule has 17 heavy (non-hydrogen) atoms. The van der Waals surface area contributed by atoms with E-state index in [-0.39, 0.29) is 23.7 Å². The van der Waals surface area contributed by atoms with Crippen molar-refractivity contribution in [1.82, 2.24) is 0 Å². The fourth-order valence-corrected chi connectivity index (χ4v) is 1.97. The summed E-state index contributed by atoms with van der Waals surface area (Å²) in [7, 11) is 1.38. The van der Waals surface area contributed by atoms with Crippen LogP contribution in [-0.2, 0) is 9.53 Å². The standard InChI is InChI=1S/C12H15FN2O2/c1-17-12(16)7-4-9(5-7)15-11-6-8(13)2-3-10(11)14/h2-3,6-7,9,15H,4-5,14H2,1H3/t7-,9+. The van der Waals surface area contributed by atoms with Crippen molar-refractivity contribution in [2.24, 2.45) is 5.92 Å². The first kappa shape index (κ1) is 11.7. The van der Waals surface area contributed by atoms with E-state index in [4.69, 9.17) is 5.73 Å². The Morgan fingerprint density at radius 3 is 2.88 bits per heavy atom. The molecule has 1 aliphatic rings. The van der Waals surface area contributed by atoms with Gasteiger partial charge in [0.15, 0.2) is 0 Å². The van der Waals surface area contributed by atoms with Crippen molar-refractivity contribution in [2.45, 2.75) is 18.9 Å². The molecule has 4 nitrogen and oxygen atoms in total. The predicted octanol–water partition coefficient (Wildman–Crippen LogP) is 1.77. The van der Waals surface area contributed by atoms with E-state index in [0.717, 1.165) is 0 Å². The Balaban J connectivity index is 1.91. The molecule has 0 radical (unpaired) electrons. The van der Waals surface area contributed by atoms with Gasteiger partial charge < -0.3 is 15.8 Å². The van der Waals surface area contributed by atoms with E-state index in [2.05, 4.69) is 10.1 Å². The molecule has 2 rings (SSSR count). The smallest absolute Gasteiger partial charge is 0.308 e. The number of nitrogen functional groups attached to an aromatic ring is 1. The van der Waals surface area contributed by atoms with Crippen molar-refractivity contribution in [3.63, 3.8) is 0 Å². The summed E-state index contributed by atoms with van der Waals surface area (Å²) in [5.74, 6) is -0.562. The van der Waals surface area contributed by atoms with Crippen LogP contribution in [0.1, 0.15) is 12.8 Å². The molecule has 0 unspecified atom stereocenters. The molecule has 1 fully saturated rings. The minimum absolute atomic E-state index is 0.0488. The number of rotatable bonds is 3. The summed E-state index contributed by atoms with van der Waals surface area (Å²) in [4.78, 5) is 11.2. The number of halogens is 1. The molecule has 1 aromatic rings. The summed E-state index contributed by atoms with van der Waals surface area (Å²) in [6, 6.07) is 4.36. The second-order valence-electron chi connectivity index (χ2n) is 4.26. The minimum atomic E-state index is -0.328. The highest BCUT2D eigenvalue weighted by Gasteiger charge is 2.35. The lowest BCUT2D eigenvalue weighted by atomic mass is 9.80. The average Bonchev–Trinajstić information content (AvgIpc) is 2.26. The van der Waals surface area contributed by atoms with Crippen LogP contribution in [0.15, 0.2) is 18.2 Å². The number of nitrogens with one attached hydrogen (secondary N) is 1.